The summed E-state index contributed by atoms with van der Waals surface area (Å²) < 4.78 is 13.1. The van der Waals surface area contributed by atoms with Gasteiger partial charge in [-0.1, -0.05) is 17.7 Å². The quantitative estimate of drug-likeness (QED) is 0.256. The summed E-state index contributed by atoms with van der Waals surface area (Å²) in [5.74, 6) is 0.907. The van der Waals surface area contributed by atoms with Crippen molar-refractivity contribution in [3.63, 3.8) is 0 Å². The topological polar surface area (TPSA) is 74.2 Å². The molecular formula is C24H26ClFN6. The fourth-order valence-electron chi connectivity index (χ4n) is 3.12. The van der Waals surface area contributed by atoms with Gasteiger partial charge in [-0.3, -0.25) is 4.99 Å². The molecule has 1 aromatic heterocycles. The minimum absolute atomic E-state index is 0.278. The van der Waals surface area contributed by atoms with Crippen LogP contribution >= 0.6 is 11.6 Å². The van der Waals surface area contributed by atoms with E-state index in [1.807, 2.05) is 38.1 Å². The minimum Gasteiger partial charge on any atom is -0.385 e. The molecule has 0 radical (unpaired) electrons. The lowest BCUT2D eigenvalue weighted by atomic mass is 10.1. The van der Waals surface area contributed by atoms with Crippen LogP contribution in [-0.2, 0) is 0 Å². The zero-order chi connectivity index (χ0) is 22.9. The highest BCUT2D eigenvalue weighted by Gasteiger charge is 2.07. The van der Waals surface area contributed by atoms with Crippen molar-refractivity contribution in [1.29, 1.82) is 0 Å². The van der Waals surface area contributed by atoms with Gasteiger partial charge in [-0.2, -0.15) is 4.98 Å². The first-order valence-electron chi connectivity index (χ1n) is 10.3. The lowest BCUT2D eigenvalue weighted by molar-refractivity contribution is 0.628. The maximum Gasteiger partial charge on any atom is 0.224 e. The monoisotopic (exact) mass is 452 g/mol. The Hall–Kier alpha value is -3.45. The van der Waals surface area contributed by atoms with Gasteiger partial charge >= 0.3 is 0 Å². The molecule has 8 heteroatoms. The van der Waals surface area contributed by atoms with Gasteiger partial charge in [-0.15, -0.1) is 0 Å². The van der Waals surface area contributed by atoms with Crippen LogP contribution in [-0.4, -0.2) is 29.8 Å². The Morgan fingerprint density at radius 2 is 1.91 bits per heavy atom. The molecule has 0 bridgehead atoms. The molecule has 0 unspecified atom stereocenters. The molecule has 0 saturated carbocycles. The molecule has 0 aliphatic rings. The van der Waals surface area contributed by atoms with Gasteiger partial charge in [0.1, 0.15) is 11.6 Å². The molecular weight excluding hydrogens is 427 g/mol. The number of rotatable bonds is 10. The zero-order valence-corrected chi connectivity index (χ0v) is 18.9. The van der Waals surface area contributed by atoms with Gasteiger partial charge in [0.05, 0.1) is 5.69 Å². The Morgan fingerprint density at radius 1 is 1.12 bits per heavy atom. The lowest BCUT2D eigenvalue weighted by Gasteiger charge is -2.14. The highest BCUT2D eigenvalue weighted by molar-refractivity contribution is 6.30. The van der Waals surface area contributed by atoms with E-state index in [2.05, 4.69) is 37.6 Å². The van der Waals surface area contributed by atoms with E-state index >= 15 is 0 Å². The largest absolute Gasteiger partial charge is 0.385 e. The second-order valence-electron chi connectivity index (χ2n) is 7.08. The molecule has 0 fully saturated rings. The van der Waals surface area contributed by atoms with Crippen molar-refractivity contribution in [3.05, 3.63) is 76.7 Å². The van der Waals surface area contributed by atoms with E-state index in [1.165, 1.54) is 12.1 Å². The highest BCUT2D eigenvalue weighted by atomic mass is 35.5. The van der Waals surface area contributed by atoms with Crippen LogP contribution in [0.2, 0.25) is 5.02 Å². The molecule has 6 nitrogen and oxygen atoms in total. The van der Waals surface area contributed by atoms with Gasteiger partial charge in [0, 0.05) is 46.8 Å². The van der Waals surface area contributed by atoms with E-state index in [0.717, 1.165) is 41.3 Å². The third-order valence-corrected chi connectivity index (χ3v) is 4.87. The van der Waals surface area contributed by atoms with E-state index in [4.69, 9.17) is 11.6 Å². The fourth-order valence-corrected chi connectivity index (χ4v) is 3.29. The van der Waals surface area contributed by atoms with Gasteiger partial charge in [-0.05, 0) is 69.5 Å². The molecule has 1 heterocycles. The van der Waals surface area contributed by atoms with Crippen LogP contribution in [0.3, 0.4) is 0 Å². The van der Waals surface area contributed by atoms with Crippen LogP contribution in [0.25, 0.3) is 5.70 Å². The summed E-state index contributed by atoms with van der Waals surface area (Å²) in [6.07, 6.45) is 2.85. The molecule has 3 rings (SSSR count). The molecule has 0 aliphatic heterocycles. The van der Waals surface area contributed by atoms with Crippen LogP contribution in [0.4, 0.5) is 27.5 Å². The number of benzene rings is 2. The van der Waals surface area contributed by atoms with Crippen LogP contribution in [0, 0.1) is 12.7 Å². The smallest absolute Gasteiger partial charge is 0.224 e. The molecule has 0 spiro atoms. The molecule has 0 aliphatic carbocycles. The number of aromatic nitrogens is 2. The number of hydrogen-bond acceptors (Lipinski definition) is 6. The summed E-state index contributed by atoms with van der Waals surface area (Å²) in [7, 11) is 0. The highest BCUT2D eigenvalue weighted by Crippen LogP contribution is 2.28. The second kappa shape index (κ2) is 11.2. The van der Waals surface area contributed by atoms with Crippen molar-refractivity contribution >= 4 is 47.2 Å². The lowest BCUT2D eigenvalue weighted by Crippen LogP contribution is -2.17. The molecule has 32 heavy (non-hydrogen) atoms. The zero-order valence-electron chi connectivity index (χ0n) is 18.1. The average Bonchev–Trinajstić information content (AvgIpc) is 2.78. The molecule has 3 N–H and O–H groups in total. The summed E-state index contributed by atoms with van der Waals surface area (Å²) in [4.78, 5) is 13.0. The predicted molar refractivity (Wildman–Crippen MR) is 132 cm³/mol. The Kier molecular flexibility index (Phi) is 8.16. The Morgan fingerprint density at radius 3 is 2.62 bits per heavy atom. The van der Waals surface area contributed by atoms with E-state index in [1.54, 1.807) is 18.2 Å². The maximum atomic E-state index is 13.1. The molecule has 0 atom stereocenters. The van der Waals surface area contributed by atoms with Crippen molar-refractivity contribution in [2.24, 2.45) is 4.99 Å². The van der Waals surface area contributed by atoms with Gasteiger partial charge < -0.3 is 16.0 Å². The van der Waals surface area contributed by atoms with E-state index in [9.17, 15) is 4.39 Å². The molecule has 0 saturated heterocycles. The number of hydrogen-bond donors (Lipinski definition) is 3. The Bertz CT molecular complexity index is 1100. The number of anilines is 3. The number of nitrogens with one attached hydrogen (secondary N) is 3. The molecule has 3 aromatic rings. The Labute approximate surface area is 192 Å². The first kappa shape index (κ1) is 23.2. The maximum absolute atomic E-state index is 13.1. The average molecular weight is 453 g/mol. The Balaban J connectivity index is 1.52. The van der Waals surface area contributed by atoms with Gasteiger partial charge in [0.25, 0.3) is 0 Å². The molecule has 0 amide bonds. The number of aryl methyl sites for hydroxylation is 1. The fraction of sp³-hybridized carbons (Fsp3) is 0.208. The van der Waals surface area contributed by atoms with Crippen LogP contribution < -0.4 is 16.0 Å². The number of allylic oxidation sites excluding steroid dienone is 1. The SMILES string of the molecule is C=Nc1cc(Cl)ccc1/C(=C\C)NCCCNc1nc(C)cc(Nc2ccc(F)cc2)n1. The summed E-state index contributed by atoms with van der Waals surface area (Å²) in [6.45, 7) is 8.94. The third kappa shape index (κ3) is 6.52. The normalized spacial score (nSPS) is 11.2. The van der Waals surface area contributed by atoms with Crippen molar-refractivity contribution in [3.8, 4) is 0 Å². The van der Waals surface area contributed by atoms with Crippen LogP contribution in [0.1, 0.15) is 24.6 Å². The number of aliphatic imine (C=N–C) groups is 1. The van der Waals surface area contributed by atoms with E-state index in [0.29, 0.717) is 23.3 Å². The molecule has 2 aromatic carbocycles. The summed E-state index contributed by atoms with van der Waals surface area (Å²) >= 11 is 6.05. The predicted octanol–water partition coefficient (Wildman–Crippen LogP) is 6.11. The first-order valence-corrected chi connectivity index (χ1v) is 10.7. The van der Waals surface area contributed by atoms with Crippen molar-refractivity contribution < 1.29 is 4.39 Å². The van der Waals surface area contributed by atoms with E-state index in [-0.39, 0.29) is 5.82 Å². The van der Waals surface area contributed by atoms with Crippen molar-refractivity contribution in [1.82, 2.24) is 15.3 Å². The second-order valence-corrected chi connectivity index (χ2v) is 7.52. The van der Waals surface area contributed by atoms with E-state index < -0.39 is 0 Å². The summed E-state index contributed by atoms with van der Waals surface area (Å²) in [6, 6.07) is 13.5. The van der Waals surface area contributed by atoms with Gasteiger partial charge in [0.2, 0.25) is 5.95 Å². The first-order chi connectivity index (χ1) is 15.5. The van der Waals surface area contributed by atoms with Crippen molar-refractivity contribution in [2.45, 2.75) is 20.3 Å². The number of halogens is 2. The van der Waals surface area contributed by atoms with Gasteiger partial charge in [0.15, 0.2) is 0 Å². The molecule has 166 valence electrons. The van der Waals surface area contributed by atoms with Crippen LogP contribution in [0.15, 0.2) is 59.6 Å². The minimum atomic E-state index is -0.278. The van der Waals surface area contributed by atoms with Crippen LogP contribution in [0.5, 0.6) is 0 Å². The standard InChI is InChI=1S/C24H26ClFN6/c1-4-21(20-11-6-17(25)15-22(20)27-3)28-12-5-13-29-24-30-16(2)14-23(32-24)31-19-9-7-18(26)8-10-19/h4,6-11,14-15,28H,3,5,12-13H2,1-2H3,(H2,29,30,31,32)/b21-4+. The number of nitrogens with zero attached hydrogens (tertiary/aromatic N) is 3. The third-order valence-electron chi connectivity index (χ3n) is 4.63. The van der Waals surface area contributed by atoms with Crippen molar-refractivity contribution in [2.75, 3.05) is 23.7 Å². The summed E-state index contributed by atoms with van der Waals surface area (Å²) in [5, 5.41) is 10.5. The van der Waals surface area contributed by atoms with Gasteiger partial charge in [-0.25, -0.2) is 9.37 Å². The summed E-state index contributed by atoms with van der Waals surface area (Å²) in [5.41, 5.74) is 4.26.